The monoisotopic (exact) mass is 292 g/mol. The number of carbonyl (C=O) groups is 1. The van der Waals surface area contributed by atoms with Gasteiger partial charge in [-0.2, -0.15) is 0 Å². The number of quaternary nitrogens is 1. The van der Waals surface area contributed by atoms with E-state index in [0.717, 1.165) is 0 Å². The van der Waals surface area contributed by atoms with Crippen LogP contribution in [0.15, 0.2) is 12.2 Å². The molecule has 19 heavy (non-hydrogen) atoms. The van der Waals surface area contributed by atoms with Crippen LogP contribution in [-0.4, -0.2) is 55.8 Å². The third-order valence-electron chi connectivity index (χ3n) is 3.06. The Morgan fingerprint density at radius 2 is 1.89 bits per heavy atom. The molecule has 112 valence electrons. The number of rotatable bonds is 8. The Bertz CT molecular complexity index is 429. The van der Waals surface area contributed by atoms with Crippen molar-refractivity contribution in [2.45, 2.75) is 31.4 Å². The fourth-order valence-corrected chi connectivity index (χ4v) is 2.71. The molecule has 0 aromatic carbocycles. The van der Waals surface area contributed by atoms with Crippen molar-refractivity contribution in [2.24, 2.45) is 5.73 Å². The van der Waals surface area contributed by atoms with Crippen molar-refractivity contribution >= 4 is 16.0 Å². The third kappa shape index (κ3) is 6.29. The summed E-state index contributed by atoms with van der Waals surface area (Å²) in [5.74, 6) is -0.166. The van der Waals surface area contributed by atoms with Gasteiger partial charge in [0.2, 0.25) is 0 Å². The van der Waals surface area contributed by atoms with Crippen LogP contribution in [-0.2, 0) is 14.9 Å². The van der Waals surface area contributed by atoms with E-state index in [1.165, 1.54) is 0 Å². The molecule has 0 aliphatic heterocycles. The van der Waals surface area contributed by atoms with Crippen LogP contribution in [0.3, 0.4) is 0 Å². The second-order valence-corrected chi connectivity index (χ2v) is 6.98. The molecule has 1 atom stereocenters. The summed E-state index contributed by atoms with van der Waals surface area (Å²) in [6, 6.07) is 0. The molecule has 0 fully saturated rings. The Balaban J connectivity index is 4.72. The Kier molecular flexibility index (Phi) is 6.85. The van der Waals surface area contributed by atoms with Gasteiger partial charge >= 0.3 is 5.91 Å². The molecule has 0 aromatic rings. The Labute approximate surface area is 115 Å². The number of likely N-dealkylation sites (N-methyl/N-ethyl adjacent to an activating group) is 1. The number of carbonyl (C=O) groups excluding carboxylic acids is 1. The van der Waals surface area contributed by atoms with Gasteiger partial charge in [-0.05, 0) is 26.3 Å². The normalized spacial score (nSPS) is 14.2. The summed E-state index contributed by atoms with van der Waals surface area (Å²) in [5.41, 5.74) is 5.73. The van der Waals surface area contributed by atoms with E-state index < -0.39 is 15.4 Å². The number of hydrogen-bond donors (Lipinski definition) is 1. The molecular formula is C12H24N2O4S. The second-order valence-electron chi connectivity index (χ2n) is 5.33. The zero-order valence-electron chi connectivity index (χ0n) is 11.9. The van der Waals surface area contributed by atoms with Crippen molar-refractivity contribution in [3.05, 3.63) is 12.2 Å². The molecule has 0 radical (unpaired) electrons. The predicted molar refractivity (Wildman–Crippen MR) is 73.2 cm³/mol. The summed E-state index contributed by atoms with van der Waals surface area (Å²) in [7, 11) is -1.00. The van der Waals surface area contributed by atoms with Crippen LogP contribution in [0.5, 0.6) is 0 Å². The van der Waals surface area contributed by atoms with Gasteiger partial charge in [0.15, 0.2) is 0 Å². The molecular weight excluding hydrogens is 268 g/mol. The zero-order chi connectivity index (χ0) is 15.3. The quantitative estimate of drug-likeness (QED) is 0.391. The molecule has 2 N–H and O–H groups in total. The van der Waals surface area contributed by atoms with E-state index >= 15 is 0 Å². The van der Waals surface area contributed by atoms with Gasteiger partial charge in [0.05, 0.1) is 36.0 Å². The van der Waals surface area contributed by atoms with Crippen LogP contribution in [0.4, 0.5) is 0 Å². The third-order valence-corrected chi connectivity index (χ3v) is 4.35. The van der Waals surface area contributed by atoms with Crippen LogP contribution in [0.2, 0.25) is 0 Å². The number of hydrogen-bond acceptors (Lipinski definition) is 5. The van der Waals surface area contributed by atoms with Gasteiger partial charge in [0.25, 0.3) is 0 Å². The first-order chi connectivity index (χ1) is 8.52. The fraction of sp³-hybridized carbons (Fsp3) is 0.750. The summed E-state index contributed by atoms with van der Waals surface area (Å²) in [6.07, 6.45) is 0.870. The molecule has 0 aliphatic rings. The first kappa shape index (κ1) is 18.2. The molecule has 0 aromatic heterocycles. The van der Waals surface area contributed by atoms with Crippen LogP contribution < -0.4 is 5.73 Å². The van der Waals surface area contributed by atoms with E-state index in [0.29, 0.717) is 18.5 Å². The van der Waals surface area contributed by atoms with Gasteiger partial charge in [-0.3, -0.25) is 4.48 Å². The highest BCUT2D eigenvalue weighted by atomic mass is 32.2. The number of nitrogens with two attached hydrogens (primary N) is 1. The lowest BCUT2D eigenvalue weighted by Crippen LogP contribution is -2.47. The Hall–Kier alpha value is -0.760. The molecule has 0 spiro atoms. The van der Waals surface area contributed by atoms with E-state index in [-0.39, 0.29) is 29.8 Å². The molecule has 6 nitrogen and oxygen atoms in total. The van der Waals surface area contributed by atoms with Gasteiger partial charge in [0, 0.05) is 12.0 Å². The van der Waals surface area contributed by atoms with Crippen LogP contribution >= 0.6 is 0 Å². The van der Waals surface area contributed by atoms with Crippen molar-refractivity contribution < 1.29 is 22.2 Å². The maximum atomic E-state index is 11.9. The molecule has 1 unspecified atom stereocenters. The lowest BCUT2D eigenvalue weighted by molar-refractivity contribution is -0.811. The molecule has 0 heterocycles. The Morgan fingerprint density at radius 3 is 2.26 bits per heavy atom. The van der Waals surface area contributed by atoms with Crippen molar-refractivity contribution in [1.82, 2.24) is 0 Å². The van der Waals surface area contributed by atoms with E-state index in [9.17, 15) is 17.8 Å². The minimum absolute atomic E-state index is 0.00994. The van der Waals surface area contributed by atoms with E-state index in [1.54, 1.807) is 21.0 Å². The van der Waals surface area contributed by atoms with Crippen molar-refractivity contribution in [3.63, 3.8) is 0 Å². The molecule has 1 amide bonds. The van der Waals surface area contributed by atoms with E-state index in [2.05, 4.69) is 6.58 Å². The summed E-state index contributed by atoms with van der Waals surface area (Å²) in [4.78, 5) is 11.9. The smallest absolute Gasteiger partial charge is 0.340 e. The summed E-state index contributed by atoms with van der Waals surface area (Å²) in [5, 5.41) is -0.980. The molecule has 0 rings (SSSR count). The van der Waals surface area contributed by atoms with Crippen molar-refractivity contribution in [1.29, 1.82) is 0 Å². The lowest BCUT2D eigenvalue weighted by Gasteiger charge is -2.29. The molecule has 0 aliphatic carbocycles. The van der Waals surface area contributed by atoms with Crippen LogP contribution in [0.1, 0.15) is 26.2 Å². The van der Waals surface area contributed by atoms with Gasteiger partial charge < -0.3 is 10.3 Å². The van der Waals surface area contributed by atoms with Crippen molar-refractivity contribution in [2.75, 3.05) is 27.2 Å². The zero-order valence-corrected chi connectivity index (χ0v) is 12.7. The minimum atomic E-state index is -4.35. The fourth-order valence-electron chi connectivity index (χ4n) is 1.86. The largest absolute Gasteiger partial charge is 0.748 e. The highest BCUT2D eigenvalue weighted by molar-refractivity contribution is 7.86. The molecule has 0 saturated carbocycles. The topological polar surface area (TPSA) is 100 Å². The van der Waals surface area contributed by atoms with Crippen LogP contribution in [0, 0.1) is 0 Å². The maximum Gasteiger partial charge on any atom is 0.340 e. The number of amides is 1. The first-order valence-corrected chi connectivity index (χ1v) is 7.67. The average molecular weight is 292 g/mol. The minimum Gasteiger partial charge on any atom is -0.748 e. The second kappa shape index (κ2) is 7.14. The van der Waals surface area contributed by atoms with Gasteiger partial charge in [-0.25, -0.2) is 13.2 Å². The standard InChI is InChI=1S/C12H24N2O4S/c1-10(2)12(15)14(3,4)9-7-11(6-5-8-13)19(16,17)18/h11H,1,5-9,13H2,2-4H3. The average Bonchev–Trinajstić information content (AvgIpc) is 2.25. The number of nitrogens with zero attached hydrogens (tertiary/aromatic N) is 1. The highest BCUT2D eigenvalue weighted by Crippen LogP contribution is 2.15. The highest BCUT2D eigenvalue weighted by Gasteiger charge is 2.29. The maximum absolute atomic E-state index is 11.9. The van der Waals surface area contributed by atoms with E-state index in [1.807, 2.05) is 0 Å². The molecule has 0 saturated heterocycles. The van der Waals surface area contributed by atoms with Gasteiger partial charge in [0.1, 0.15) is 0 Å². The van der Waals surface area contributed by atoms with Crippen molar-refractivity contribution in [3.8, 4) is 0 Å². The first-order valence-electron chi connectivity index (χ1n) is 6.20. The SMILES string of the molecule is C=C(C)C(=O)[N+](C)(C)CCC(CCCN)S(=O)(=O)[O-]. The summed E-state index contributed by atoms with van der Waals surface area (Å²) < 4.78 is 33.4. The molecule has 0 bridgehead atoms. The van der Waals surface area contributed by atoms with Crippen LogP contribution in [0.25, 0.3) is 0 Å². The van der Waals surface area contributed by atoms with E-state index in [4.69, 9.17) is 5.73 Å². The lowest BCUT2D eigenvalue weighted by atomic mass is 10.1. The summed E-state index contributed by atoms with van der Waals surface area (Å²) >= 11 is 0. The predicted octanol–water partition coefficient (Wildman–Crippen LogP) is 0.208. The van der Waals surface area contributed by atoms with Gasteiger partial charge in [-0.1, -0.05) is 6.58 Å². The molecule has 7 heteroatoms. The summed E-state index contributed by atoms with van der Waals surface area (Å²) in [6.45, 7) is 5.82. The van der Waals surface area contributed by atoms with Gasteiger partial charge in [-0.15, -0.1) is 0 Å². The Morgan fingerprint density at radius 1 is 1.37 bits per heavy atom.